The lowest BCUT2D eigenvalue weighted by molar-refractivity contribution is -0.145. The summed E-state index contributed by atoms with van der Waals surface area (Å²) in [4.78, 5) is 14.3. The van der Waals surface area contributed by atoms with Crippen molar-refractivity contribution in [1.29, 1.82) is 0 Å². The lowest BCUT2D eigenvalue weighted by atomic mass is 9.96. The Morgan fingerprint density at radius 1 is 0.909 bits per heavy atom. The van der Waals surface area contributed by atoms with Gasteiger partial charge in [0.05, 0.1) is 6.04 Å². The first-order valence-corrected chi connectivity index (χ1v) is 7.99. The number of rotatable bonds is 5. The number of hydrogen-bond acceptors (Lipinski definition) is 2. The van der Waals surface area contributed by atoms with Gasteiger partial charge >= 0.3 is 0 Å². The lowest BCUT2D eigenvalue weighted by Gasteiger charge is -2.41. The molecule has 1 saturated carbocycles. The lowest BCUT2D eigenvalue weighted by Crippen LogP contribution is -2.63. The zero-order valence-electron chi connectivity index (χ0n) is 12.5. The van der Waals surface area contributed by atoms with Gasteiger partial charge in [-0.2, -0.15) is 0 Å². The number of hydrogen-bond donors (Lipinski definition) is 1. The molecule has 3 nitrogen and oxygen atoms in total. The zero-order chi connectivity index (χ0) is 14.9. The molecule has 3 heteroatoms. The van der Waals surface area contributed by atoms with Crippen LogP contribution in [0.3, 0.4) is 0 Å². The molecule has 112 valence electrons. The first-order chi connectivity index (χ1) is 10.8. The Morgan fingerprint density at radius 2 is 1.45 bits per heavy atom. The number of β-lactam (4-membered cyclic amide) rings is 1. The quantitative estimate of drug-likeness (QED) is 0.859. The van der Waals surface area contributed by atoms with Crippen LogP contribution in [0.5, 0.6) is 0 Å². The summed E-state index contributed by atoms with van der Waals surface area (Å²) in [5.41, 5.74) is 2.40. The van der Waals surface area contributed by atoms with Crippen LogP contribution < -0.4 is 5.32 Å². The fourth-order valence-corrected chi connectivity index (χ4v) is 3.17. The van der Waals surface area contributed by atoms with E-state index in [9.17, 15) is 4.79 Å². The van der Waals surface area contributed by atoms with Crippen LogP contribution in [-0.2, 0) is 4.79 Å². The van der Waals surface area contributed by atoms with Crippen molar-refractivity contribution < 1.29 is 4.79 Å². The summed E-state index contributed by atoms with van der Waals surface area (Å²) >= 11 is 0. The largest absolute Gasteiger partial charge is 0.336 e. The first-order valence-electron chi connectivity index (χ1n) is 7.99. The number of carbonyl (C=O) groups excluding carboxylic acids is 1. The topological polar surface area (TPSA) is 32.3 Å². The van der Waals surface area contributed by atoms with Crippen molar-refractivity contribution in [1.82, 2.24) is 10.2 Å². The molecule has 0 radical (unpaired) electrons. The molecule has 0 aromatic heterocycles. The van der Waals surface area contributed by atoms with Crippen molar-refractivity contribution in [2.24, 2.45) is 0 Å². The normalized spacial score (nSPS) is 21.0. The highest BCUT2D eigenvalue weighted by molar-refractivity contribution is 5.88. The minimum absolute atomic E-state index is 0.0500. The van der Waals surface area contributed by atoms with Gasteiger partial charge in [-0.15, -0.1) is 0 Å². The van der Waals surface area contributed by atoms with Crippen molar-refractivity contribution in [2.45, 2.75) is 31.0 Å². The molecule has 1 aliphatic carbocycles. The number of likely N-dealkylation sites (tertiary alicyclic amines) is 1. The predicted octanol–water partition coefficient (Wildman–Crippen LogP) is 2.74. The van der Waals surface area contributed by atoms with Gasteiger partial charge < -0.3 is 4.90 Å². The molecule has 1 atom stereocenters. The van der Waals surface area contributed by atoms with Gasteiger partial charge in [0.15, 0.2) is 0 Å². The molecule has 1 saturated heterocycles. The average molecular weight is 292 g/mol. The summed E-state index contributed by atoms with van der Waals surface area (Å²) < 4.78 is 0. The molecule has 1 heterocycles. The predicted molar refractivity (Wildman–Crippen MR) is 86.4 cm³/mol. The first kappa shape index (κ1) is 13.5. The van der Waals surface area contributed by atoms with E-state index in [1.807, 2.05) is 41.3 Å². The Hall–Kier alpha value is -2.13. The van der Waals surface area contributed by atoms with E-state index in [0.717, 1.165) is 6.54 Å². The molecule has 1 aliphatic heterocycles. The zero-order valence-corrected chi connectivity index (χ0v) is 12.5. The summed E-state index contributed by atoms with van der Waals surface area (Å²) in [7, 11) is 0. The van der Waals surface area contributed by atoms with Crippen LogP contribution in [-0.4, -0.2) is 29.4 Å². The number of nitrogens with zero attached hydrogens (tertiary/aromatic N) is 1. The van der Waals surface area contributed by atoms with E-state index < -0.39 is 0 Å². The fourth-order valence-electron chi connectivity index (χ4n) is 3.17. The highest BCUT2D eigenvalue weighted by Gasteiger charge is 2.45. The number of benzene rings is 2. The van der Waals surface area contributed by atoms with Gasteiger partial charge in [-0.3, -0.25) is 10.1 Å². The summed E-state index contributed by atoms with van der Waals surface area (Å²) in [5.74, 6) is 0.263. The summed E-state index contributed by atoms with van der Waals surface area (Å²) in [6.45, 7) is 0.847. The summed E-state index contributed by atoms with van der Waals surface area (Å²) in [6, 6.07) is 21.2. The van der Waals surface area contributed by atoms with E-state index in [1.165, 1.54) is 24.0 Å². The Kier molecular flexibility index (Phi) is 3.43. The highest BCUT2D eigenvalue weighted by atomic mass is 16.2. The molecular formula is C19H20N2O. The van der Waals surface area contributed by atoms with Crippen molar-refractivity contribution in [3.05, 3.63) is 71.8 Å². The van der Waals surface area contributed by atoms with Crippen LogP contribution >= 0.6 is 0 Å². The van der Waals surface area contributed by atoms with Crippen molar-refractivity contribution in [3.8, 4) is 0 Å². The van der Waals surface area contributed by atoms with Crippen molar-refractivity contribution in [2.75, 3.05) is 6.54 Å². The Bertz CT molecular complexity index is 612. The van der Waals surface area contributed by atoms with Crippen LogP contribution in [0.4, 0.5) is 0 Å². The molecule has 4 rings (SSSR count). The standard InChI is InChI=1S/C19H20N2O/c22-19-17(13-21(19)16-11-12-16)20-18(14-7-3-1-4-8-14)15-9-5-2-6-10-15/h1-10,16-18,20H,11-13H2. The highest BCUT2D eigenvalue weighted by Crippen LogP contribution is 2.33. The van der Waals surface area contributed by atoms with E-state index in [4.69, 9.17) is 0 Å². The van der Waals surface area contributed by atoms with Gasteiger partial charge in [0, 0.05) is 12.6 Å². The maximum absolute atomic E-state index is 12.3. The third-order valence-electron chi connectivity index (χ3n) is 4.58. The Labute approximate surface area is 131 Å². The monoisotopic (exact) mass is 292 g/mol. The Balaban J connectivity index is 1.55. The number of amides is 1. The number of carbonyl (C=O) groups is 1. The van der Waals surface area contributed by atoms with Crippen LogP contribution in [0, 0.1) is 0 Å². The van der Waals surface area contributed by atoms with Crippen LogP contribution in [0.15, 0.2) is 60.7 Å². The molecule has 2 aliphatic rings. The van der Waals surface area contributed by atoms with E-state index in [1.54, 1.807) is 0 Å². The molecule has 22 heavy (non-hydrogen) atoms. The molecule has 1 unspecified atom stereocenters. The fraction of sp³-hybridized carbons (Fsp3) is 0.316. The second kappa shape index (κ2) is 5.58. The maximum atomic E-state index is 12.3. The van der Waals surface area contributed by atoms with Gasteiger partial charge in [-0.25, -0.2) is 0 Å². The molecule has 2 fully saturated rings. The van der Waals surface area contributed by atoms with Gasteiger partial charge in [0.1, 0.15) is 6.04 Å². The molecular weight excluding hydrogens is 272 g/mol. The Morgan fingerprint density at radius 3 is 1.91 bits per heavy atom. The third kappa shape index (κ3) is 2.53. The SMILES string of the molecule is O=C1C(NC(c2ccccc2)c2ccccc2)CN1C1CC1. The molecule has 0 spiro atoms. The molecule has 0 bridgehead atoms. The van der Waals surface area contributed by atoms with Crippen LogP contribution in [0.25, 0.3) is 0 Å². The molecule has 1 amide bonds. The smallest absolute Gasteiger partial charge is 0.241 e. The van der Waals surface area contributed by atoms with E-state index in [-0.39, 0.29) is 18.0 Å². The van der Waals surface area contributed by atoms with Crippen molar-refractivity contribution >= 4 is 5.91 Å². The van der Waals surface area contributed by atoms with Gasteiger partial charge in [-0.1, -0.05) is 60.7 Å². The van der Waals surface area contributed by atoms with E-state index in [2.05, 4.69) is 29.6 Å². The minimum atomic E-state index is -0.0500. The third-order valence-corrected chi connectivity index (χ3v) is 4.58. The van der Waals surface area contributed by atoms with Crippen LogP contribution in [0.1, 0.15) is 30.0 Å². The van der Waals surface area contributed by atoms with E-state index >= 15 is 0 Å². The summed E-state index contributed by atoms with van der Waals surface area (Å²) in [6.07, 6.45) is 2.36. The minimum Gasteiger partial charge on any atom is -0.336 e. The second-order valence-corrected chi connectivity index (χ2v) is 6.20. The maximum Gasteiger partial charge on any atom is 0.241 e. The molecule has 2 aromatic carbocycles. The molecule has 2 aromatic rings. The van der Waals surface area contributed by atoms with Gasteiger partial charge in [0.25, 0.3) is 0 Å². The average Bonchev–Trinajstić information content (AvgIpc) is 3.40. The second-order valence-electron chi connectivity index (χ2n) is 6.20. The van der Waals surface area contributed by atoms with Gasteiger partial charge in [0.2, 0.25) is 5.91 Å². The van der Waals surface area contributed by atoms with Gasteiger partial charge in [-0.05, 0) is 24.0 Å². The van der Waals surface area contributed by atoms with Crippen LogP contribution in [0.2, 0.25) is 0 Å². The van der Waals surface area contributed by atoms with E-state index in [0.29, 0.717) is 6.04 Å². The summed E-state index contributed by atoms with van der Waals surface area (Å²) in [5, 5.41) is 3.56. The molecule has 1 N–H and O–H groups in total. The number of nitrogens with one attached hydrogen (secondary N) is 1. The van der Waals surface area contributed by atoms with Crippen molar-refractivity contribution in [3.63, 3.8) is 0 Å².